The van der Waals surface area contributed by atoms with Crippen LogP contribution in [0.5, 0.6) is 0 Å². The fourth-order valence-electron chi connectivity index (χ4n) is 9.21. The smallest absolute Gasteiger partial charge is 0.0434 e. The van der Waals surface area contributed by atoms with Gasteiger partial charge in [0, 0.05) is 25.6 Å². The summed E-state index contributed by atoms with van der Waals surface area (Å²) in [5.74, 6) is 0. The molecule has 0 amide bonds. The second-order valence-corrected chi connectivity index (χ2v) is 15.8. The summed E-state index contributed by atoms with van der Waals surface area (Å²) < 4.78 is 2.71. The van der Waals surface area contributed by atoms with Crippen molar-refractivity contribution in [3.05, 3.63) is 181 Å². The van der Waals surface area contributed by atoms with Crippen LogP contribution in [0.25, 0.3) is 97.0 Å². The van der Waals surface area contributed by atoms with Gasteiger partial charge >= 0.3 is 0 Å². The Hall–Kier alpha value is -6.02. The van der Waals surface area contributed by atoms with Gasteiger partial charge in [-0.25, -0.2) is 0 Å². The van der Waals surface area contributed by atoms with Crippen molar-refractivity contribution < 1.29 is 0 Å². The molecule has 0 unspecified atom stereocenters. The molecular formula is C51H34S. The molecule has 10 aromatic rings. The number of hydrogen-bond donors (Lipinski definition) is 0. The molecule has 0 saturated heterocycles. The molecule has 0 spiro atoms. The molecule has 0 atom stereocenters. The zero-order chi connectivity index (χ0) is 34.6. The molecule has 0 radical (unpaired) electrons. The molecule has 0 N–H and O–H groups in total. The fraction of sp³-hybridized carbons (Fsp3) is 0.0588. The Bertz CT molecular complexity index is 3030. The summed E-state index contributed by atoms with van der Waals surface area (Å²) >= 11 is 1.92. The third-order valence-electron chi connectivity index (χ3n) is 11.7. The van der Waals surface area contributed by atoms with Gasteiger partial charge in [-0.05, 0) is 106 Å². The highest BCUT2D eigenvalue weighted by Crippen LogP contribution is 2.53. The molecule has 244 valence electrons. The van der Waals surface area contributed by atoms with Crippen LogP contribution in [0.15, 0.2) is 170 Å². The topological polar surface area (TPSA) is 0 Å². The zero-order valence-electron chi connectivity index (χ0n) is 29.1. The van der Waals surface area contributed by atoms with Gasteiger partial charge in [0.2, 0.25) is 0 Å². The lowest BCUT2D eigenvalue weighted by Crippen LogP contribution is -2.15. The van der Waals surface area contributed by atoms with Gasteiger partial charge in [-0.2, -0.15) is 0 Å². The summed E-state index contributed by atoms with van der Waals surface area (Å²) in [4.78, 5) is 0. The first-order valence-corrected chi connectivity index (χ1v) is 19.0. The summed E-state index contributed by atoms with van der Waals surface area (Å²) in [6.07, 6.45) is 0. The van der Waals surface area contributed by atoms with E-state index in [2.05, 4.69) is 184 Å². The second-order valence-electron chi connectivity index (χ2n) is 14.8. The lowest BCUT2D eigenvalue weighted by molar-refractivity contribution is 0.661. The molecule has 52 heavy (non-hydrogen) atoms. The lowest BCUT2D eigenvalue weighted by Gasteiger charge is -2.23. The van der Waals surface area contributed by atoms with Gasteiger partial charge in [-0.3, -0.25) is 0 Å². The van der Waals surface area contributed by atoms with Crippen LogP contribution in [0.3, 0.4) is 0 Å². The highest BCUT2D eigenvalue weighted by atomic mass is 32.1. The van der Waals surface area contributed by atoms with Gasteiger partial charge in [-0.1, -0.05) is 166 Å². The minimum Gasteiger partial charge on any atom is -0.135 e. The van der Waals surface area contributed by atoms with E-state index in [0.29, 0.717) is 0 Å². The second kappa shape index (κ2) is 11.0. The number of thiophene rings is 1. The van der Waals surface area contributed by atoms with Crippen molar-refractivity contribution in [2.75, 3.05) is 0 Å². The van der Waals surface area contributed by atoms with E-state index in [1.165, 1.54) is 108 Å². The van der Waals surface area contributed by atoms with Crippen LogP contribution in [0.4, 0.5) is 0 Å². The fourth-order valence-corrected chi connectivity index (χ4v) is 10.5. The van der Waals surface area contributed by atoms with Crippen LogP contribution in [-0.2, 0) is 5.41 Å². The molecule has 1 heteroatoms. The van der Waals surface area contributed by atoms with E-state index >= 15 is 0 Å². The summed E-state index contributed by atoms with van der Waals surface area (Å²) in [6.45, 7) is 4.82. The standard InChI is InChI=1S/C51H34S/c1-51(2)44-29-33(36-21-12-22-43-49-35-16-7-6-13-31(35)25-28-46(49)52-50(36)43)23-26-37(44)38-27-24-34(30-45(38)51)48-41-19-10-8-17-39(41)47(32-14-4-3-5-15-32)40-18-9-11-20-42(40)48/h3-30H,1-2H3. The minimum atomic E-state index is -0.156. The SMILES string of the molecule is CC1(C)c2cc(-c3c4ccccc4c(-c4ccccc4)c4ccccc34)ccc2-c2ccc(-c3cccc4c3sc3ccc5ccccc5c34)cc21. The first kappa shape index (κ1) is 29.7. The molecule has 1 aromatic heterocycles. The molecule has 1 aliphatic carbocycles. The quantitative estimate of drug-likeness (QED) is 0.163. The maximum Gasteiger partial charge on any atom is 0.0434 e. The van der Waals surface area contributed by atoms with Gasteiger partial charge in [-0.15, -0.1) is 11.3 Å². The Morgan fingerprint density at radius 1 is 0.385 bits per heavy atom. The highest BCUT2D eigenvalue weighted by molar-refractivity contribution is 7.26. The Morgan fingerprint density at radius 2 is 0.923 bits per heavy atom. The van der Waals surface area contributed by atoms with E-state index in [9.17, 15) is 0 Å². The number of fused-ring (bicyclic) bond motifs is 10. The largest absolute Gasteiger partial charge is 0.135 e. The van der Waals surface area contributed by atoms with E-state index in [1.807, 2.05) is 11.3 Å². The van der Waals surface area contributed by atoms with Gasteiger partial charge in [0.15, 0.2) is 0 Å². The molecule has 0 aliphatic heterocycles. The van der Waals surface area contributed by atoms with Crippen LogP contribution in [0.2, 0.25) is 0 Å². The van der Waals surface area contributed by atoms with Crippen molar-refractivity contribution in [2.45, 2.75) is 19.3 Å². The number of benzene rings is 9. The van der Waals surface area contributed by atoms with Crippen LogP contribution >= 0.6 is 11.3 Å². The number of rotatable bonds is 3. The van der Waals surface area contributed by atoms with Gasteiger partial charge in [0.1, 0.15) is 0 Å². The maximum atomic E-state index is 2.49. The first-order chi connectivity index (χ1) is 25.6. The first-order valence-electron chi connectivity index (χ1n) is 18.2. The molecule has 9 aromatic carbocycles. The summed E-state index contributed by atoms with van der Waals surface area (Å²) in [5, 5.41) is 10.5. The minimum absolute atomic E-state index is 0.156. The van der Waals surface area contributed by atoms with Gasteiger partial charge < -0.3 is 0 Å². The van der Waals surface area contributed by atoms with Gasteiger partial charge in [0.05, 0.1) is 0 Å². The zero-order valence-corrected chi connectivity index (χ0v) is 29.9. The summed E-state index contributed by atoms with van der Waals surface area (Å²) in [6, 6.07) is 63.4. The van der Waals surface area contributed by atoms with Crippen molar-refractivity contribution in [3.8, 4) is 44.5 Å². The molecular weight excluding hydrogens is 645 g/mol. The van der Waals surface area contributed by atoms with Crippen LogP contribution < -0.4 is 0 Å². The molecule has 1 aliphatic rings. The van der Waals surface area contributed by atoms with Crippen molar-refractivity contribution in [3.63, 3.8) is 0 Å². The molecule has 0 saturated carbocycles. The van der Waals surface area contributed by atoms with Crippen molar-refractivity contribution in [2.24, 2.45) is 0 Å². The Morgan fingerprint density at radius 3 is 1.60 bits per heavy atom. The van der Waals surface area contributed by atoms with Gasteiger partial charge in [0.25, 0.3) is 0 Å². The Labute approximate surface area is 307 Å². The Balaban J connectivity index is 1.08. The average molecular weight is 679 g/mol. The molecule has 0 nitrogen and oxygen atoms in total. The van der Waals surface area contributed by atoms with E-state index < -0.39 is 0 Å². The monoisotopic (exact) mass is 678 g/mol. The molecule has 11 rings (SSSR count). The van der Waals surface area contributed by atoms with Crippen LogP contribution in [0, 0.1) is 0 Å². The number of hydrogen-bond acceptors (Lipinski definition) is 1. The molecule has 0 fully saturated rings. The average Bonchev–Trinajstić information content (AvgIpc) is 3.69. The third kappa shape index (κ3) is 4.15. The molecule has 1 heterocycles. The normalized spacial score (nSPS) is 13.3. The predicted octanol–water partition coefficient (Wildman–Crippen LogP) is 14.8. The third-order valence-corrected chi connectivity index (χ3v) is 12.9. The van der Waals surface area contributed by atoms with E-state index in [0.717, 1.165) is 0 Å². The summed E-state index contributed by atoms with van der Waals surface area (Å²) in [7, 11) is 0. The lowest BCUT2D eigenvalue weighted by atomic mass is 9.80. The van der Waals surface area contributed by atoms with E-state index in [4.69, 9.17) is 0 Å². The highest BCUT2D eigenvalue weighted by Gasteiger charge is 2.36. The van der Waals surface area contributed by atoms with Crippen molar-refractivity contribution in [1.82, 2.24) is 0 Å². The van der Waals surface area contributed by atoms with Crippen molar-refractivity contribution in [1.29, 1.82) is 0 Å². The van der Waals surface area contributed by atoms with Crippen molar-refractivity contribution >= 4 is 63.8 Å². The van der Waals surface area contributed by atoms with Crippen LogP contribution in [-0.4, -0.2) is 0 Å². The van der Waals surface area contributed by atoms with E-state index in [-0.39, 0.29) is 5.41 Å². The van der Waals surface area contributed by atoms with E-state index in [1.54, 1.807) is 0 Å². The maximum absolute atomic E-state index is 2.49. The Kier molecular flexibility index (Phi) is 6.27. The predicted molar refractivity (Wildman–Crippen MR) is 226 cm³/mol. The summed E-state index contributed by atoms with van der Waals surface area (Å²) in [5.41, 5.74) is 13.1. The molecule has 0 bridgehead atoms. The van der Waals surface area contributed by atoms with Crippen LogP contribution in [0.1, 0.15) is 25.0 Å².